The van der Waals surface area contributed by atoms with Gasteiger partial charge in [0.2, 0.25) is 0 Å². The lowest BCUT2D eigenvalue weighted by atomic mass is 9.98. The standard InChI is InChI=1S/C10H20N2O2/c1-8(13)7-9-5-3-4-6-12(9)10(14)11-2/h8-9,13H,3-7H2,1-2H3,(H,11,14). The summed E-state index contributed by atoms with van der Waals surface area (Å²) in [6.45, 7) is 2.59. The van der Waals surface area contributed by atoms with Gasteiger partial charge in [-0.15, -0.1) is 0 Å². The molecule has 2 N–H and O–H groups in total. The van der Waals surface area contributed by atoms with E-state index in [1.807, 2.05) is 4.90 Å². The number of carbonyl (C=O) groups excluding carboxylic acids is 1. The van der Waals surface area contributed by atoms with E-state index in [0.717, 1.165) is 25.8 Å². The average Bonchev–Trinajstić information content (AvgIpc) is 2.16. The Morgan fingerprint density at radius 2 is 2.36 bits per heavy atom. The van der Waals surface area contributed by atoms with E-state index in [9.17, 15) is 9.90 Å². The number of nitrogens with one attached hydrogen (secondary N) is 1. The van der Waals surface area contributed by atoms with E-state index in [2.05, 4.69) is 5.32 Å². The van der Waals surface area contributed by atoms with Crippen molar-refractivity contribution in [3.05, 3.63) is 0 Å². The van der Waals surface area contributed by atoms with Crippen LogP contribution in [0.3, 0.4) is 0 Å². The summed E-state index contributed by atoms with van der Waals surface area (Å²) in [6, 6.07) is 0.194. The molecule has 82 valence electrons. The smallest absolute Gasteiger partial charge is 0.317 e. The van der Waals surface area contributed by atoms with Crippen molar-refractivity contribution in [1.29, 1.82) is 0 Å². The summed E-state index contributed by atoms with van der Waals surface area (Å²) in [6.07, 6.45) is 3.60. The first-order chi connectivity index (χ1) is 6.65. The highest BCUT2D eigenvalue weighted by atomic mass is 16.3. The molecule has 1 fully saturated rings. The lowest BCUT2D eigenvalue weighted by Crippen LogP contribution is -2.48. The van der Waals surface area contributed by atoms with Gasteiger partial charge in [0.1, 0.15) is 0 Å². The molecule has 4 nitrogen and oxygen atoms in total. The van der Waals surface area contributed by atoms with E-state index < -0.39 is 0 Å². The Balaban J connectivity index is 2.54. The van der Waals surface area contributed by atoms with Crippen LogP contribution in [0.15, 0.2) is 0 Å². The summed E-state index contributed by atoms with van der Waals surface area (Å²) in [7, 11) is 1.65. The Morgan fingerprint density at radius 3 is 2.93 bits per heavy atom. The number of carbonyl (C=O) groups is 1. The van der Waals surface area contributed by atoms with Crippen LogP contribution in [-0.2, 0) is 0 Å². The minimum absolute atomic E-state index is 0.0182. The van der Waals surface area contributed by atoms with E-state index in [0.29, 0.717) is 6.42 Å². The topological polar surface area (TPSA) is 52.6 Å². The third kappa shape index (κ3) is 2.87. The maximum atomic E-state index is 11.5. The third-order valence-electron chi connectivity index (χ3n) is 2.72. The van der Waals surface area contributed by atoms with E-state index >= 15 is 0 Å². The molecule has 1 rings (SSSR count). The number of nitrogens with zero attached hydrogens (tertiary/aromatic N) is 1. The van der Waals surface area contributed by atoms with Gasteiger partial charge in [-0.3, -0.25) is 0 Å². The predicted molar refractivity (Wildman–Crippen MR) is 55.1 cm³/mol. The molecule has 1 aliphatic heterocycles. The molecule has 0 aromatic rings. The zero-order chi connectivity index (χ0) is 10.6. The summed E-state index contributed by atoms with van der Waals surface area (Å²) in [5.41, 5.74) is 0. The molecule has 2 amide bonds. The quantitative estimate of drug-likeness (QED) is 0.697. The van der Waals surface area contributed by atoms with Crippen molar-refractivity contribution in [3.63, 3.8) is 0 Å². The fourth-order valence-electron chi connectivity index (χ4n) is 2.05. The first-order valence-electron chi connectivity index (χ1n) is 5.31. The van der Waals surface area contributed by atoms with Gasteiger partial charge in [-0.05, 0) is 32.6 Å². The Labute approximate surface area is 85.3 Å². The number of amides is 2. The summed E-state index contributed by atoms with van der Waals surface area (Å²) in [5, 5.41) is 12.0. The molecule has 1 aliphatic rings. The van der Waals surface area contributed by atoms with Crippen LogP contribution < -0.4 is 5.32 Å². The summed E-state index contributed by atoms with van der Waals surface area (Å²) >= 11 is 0. The van der Waals surface area contributed by atoms with Gasteiger partial charge in [-0.1, -0.05) is 0 Å². The summed E-state index contributed by atoms with van der Waals surface area (Å²) < 4.78 is 0. The maximum Gasteiger partial charge on any atom is 0.317 e. The number of urea groups is 1. The first-order valence-corrected chi connectivity index (χ1v) is 5.31. The SMILES string of the molecule is CNC(=O)N1CCCCC1CC(C)O. The highest BCUT2D eigenvalue weighted by Gasteiger charge is 2.26. The number of piperidine rings is 1. The second-order valence-electron chi connectivity index (χ2n) is 3.98. The van der Waals surface area contributed by atoms with Gasteiger partial charge in [-0.25, -0.2) is 4.79 Å². The second-order valence-corrected chi connectivity index (χ2v) is 3.98. The normalized spacial score (nSPS) is 24.5. The van der Waals surface area contributed by atoms with Crippen LogP contribution in [0.1, 0.15) is 32.6 Å². The van der Waals surface area contributed by atoms with Crippen LogP contribution in [0.4, 0.5) is 4.79 Å². The van der Waals surface area contributed by atoms with Crippen molar-refractivity contribution in [3.8, 4) is 0 Å². The van der Waals surface area contributed by atoms with Crippen molar-refractivity contribution < 1.29 is 9.90 Å². The van der Waals surface area contributed by atoms with E-state index in [-0.39, 0.29) is 18.2 Å². The number of rotatable bonds is 2. The van der Waals surface area contributed by atoms with Gasteiger partial charge in [0.05, 0.1) is 6.10 Å². The number of hydrogen-bond donors (Lipinski definition) is 2. The lowest BCUT2D eigenvalue weighted by molar-refractivity contribution is 0.103. The summed E-state index contributed by atoms with van der Waals surface area (Å²) in [5.74, 6) is 0. The number of aliphatic hydroxyl groups excluding tert-OH is 1. The van der Waals surface area contributed by atoms with Crippen molar-refractivity contribution >= 4 is 6.03 Å². The highest BCUT2D eigenvalue weighted by Crippen LogP contribution is 2.20. The first kappa shape index (κ1) is 11.3. The Hall–Kier alpha value is -0.770. The van der Waals surface area contributed by atoms with Gasteiger partial charge in [0, 0.05) is 19.6 Å². The lowest BCUT2D eigenvalue weighted by Gasteiger charge is -2.36. The fraction of sp³-hybridized carbons (Fsp3) is 0.900. The molecule has 1 saturated heterocycles. The number of likely N-dealkylation sites (tertiary alicyclic amines) is 1. The molecule has 2 unspecified atom stereocenters. The fourth-order valence-corrected chi connectivity index (χ4v) is 2.05. The van der Waals surface area contributed by atoms with Crippen LogP contribution in [-0.4, -0.2) is 41.8 Å². The highest BCUT2D eigenvalue weighted by molar-refractivity contribution is 5.74. The molecule has 0 aromatic carbocycles. The largest absolute Gasteiger partial charge is 0.393 e. The Bertz CT molecular complexity index is 195. The third-order valence-corrected chi connectivity index (χ3v) is 2.72. The van der Waals surface area contributed by atoms with Crippen LogP contribution in [0, 0.1) is 0 Å². The van der Waals surface area contributed by atoms with E-state index in [4.69, 9.17) is 0 Å². The monoisotopic (exact) mass is 200 g/mol. The number of aliphatic hydroxyl groups is 1. The van der Waals surface area contributed by atoms with Gasteiger partial charge in [0.15, 0.2) is 0 Å². The van der Waals surface area contributed by atoms with Crippen molar-refractivity contribution in [2.45, 2.75) is 44.8 Å². The molecule has 0 radical (unpaired) electrons. The van der Waals surface area contributed by atoms with Crippen LogP contribution in [0.25, 0.3) is 0 Å². The second kappa shape index (κ2) is 5.20. The maximum absolute atomic E-state index is 11.5. The molecule has 0 saturated carbocycles. The molecule has 1 heterocycles. The predicted octanol–water partition coefficient (Wildman–Crippen LogP) is 0.951. The molecule has 4 heteroatoms. The van der Waals surface area contributed by atoms with Crippen molar-refractivity contribution in [2.24, 2.45) is 0 Å². The van der Waals surface area contributed by atoms with Crippen molar-refractivity contribution in [2.75, 3.05) is 13.6 Å². The van der Waals surface area contributed by atoms with Gasteiger partial charge < -0.3 is 15.3 Å². The zero-order valence-electron chi connectivity index (χ0n) is 8.99. The molecule has 0 aromatic heterocycles. The molecule has 0 bridgehead atoms. The van der Waals surface area contributed by atoms with Crippen LogP contribution in [0.2, 0.25) is 0 Å². The van der Waals surface area contributed by atoms with Crippen LogP contribution >= 0.6 is 0 Å². The average molecular weight is 200 g/mol. The van der Waals surface area contributed by atoms with E-state index in [1.54, 1.807) is 14.0 Å². The molecule has 0 aliphatic carbocycles. The van der Waals surface area contributed by atoms with E-state index in [1.165, 1.54) is 0 Å². The molecule has 2 atom stereocenters. The van der Waals surface area contributed by atoms with Gasteiger partial charge in [-0.2, -0.15) is 0 Å². The van der Waals surface area contributed by atoms with Crippen LogP contribution in [0.5, 0.6) is 0 Å². The number of hydrogen-bond acceptors (Lipinski definition) is 2. The molecule has 0 spiro atoms. The molecular formula is C10H20N2O2. The molecular weight excluding hydrogens is 180 g/mol. The Morgan fingerprint density at radius 1 is 1.64 bits per heavy atom. The minimum Gasteiger partial charge on any atom is -0.393 e. The molecule has 14 heavy (non-hydrogen) atoms. The zero-order valence-corrected chi connectivity index (χ0v) is 8.99. The summed E-state index contributed by atoms with van der Waals surface area (Å²) in [4.78, 5) is 13.3. The Kier molecular flexibility index (Phi) is 4.20. The minimum atomic E-state index is -0.328. The van der Waals surface area contributed by atoms with Gasteiger partial charge >= 0.3 is 6.03 Å². The van der Waals surface area contributed by atoms with Crippen molar-refractivity contribution in [1.82, 2.24) is 10.2 Å². The van der Waals surface area contributed by atoms with Gasteiger partial charge in [0.25, 0.3) is 0 Å².